The van der Waals surface area contributed by atoms with Crippen molar-refractivity contribution in [1.29, 1.82) is 0 Å². The van der Waals surface area contributed by atoms with Gasteiger partial charge >= 0.3 is 5.97 Å². The number of aliphatic hydroxyl groups excluding tert-OH is 2. The van der Waals surface area contributed by atoms with Gasteiger partial charge in [0.1, 0.15) is 6.10 Å². The normalized spacial score (nSPS) is 13.8. The fourth-order valence-corrected chi connectivity index (χ4v) is 1.75. The van der Waals surface area contributed by atoms with Crippen molar-refractivity contribution in [1.82, 2.24) is 9.78 Å². The Bertz CT molecular complexity index is 568. The van der Waals surface area contributed by atoms with Gasteiger partial charge in [-0.1, -0.05) is 18.2 Å². The summed E-state index contributed by atoms with van der Waals surface area (Å²) in [7, 11) is 0. The number of ether oxygens (including phenoxy) is 1. The van der Waals surface area contributed by atoms with Gasteiger partial charge in [-0.15, -0.1) is 0 Å². The van der Waals surface area contributed by atoms with Gasteiger partial charge in [-0.25, -0.2) is 9.48 Å². The minimum Gasteiger partial charge on any atom is -0.464 e. The third-order valence-electron chi connectivity index (χ3n) is 2.79. The Hall–Kier alpha value is -2.18. The van der Waals surface area contributed by atoms with E-state index in [9.17, 15) is 15.0 Å². The standard InChI is InChI=1S/C14H16N2O4/c1-2-20-14(19)13(18)12(17)10-8-15-16(9-10)11-6-4-3-5-7-11/h3-9,12-13,17-18H,2H2,1H3. The Kier molecular flexibility index (Phi) is 4.49. The molecular weight excluding hydrogens is 260 g/mol. The van der Waals surface area contributed by atoms with Crippen LogP contribution in [0.2, 0.25) is 0 Å². The molecular formula is C14H16N2O4. The van der Waals surface area contributed by atoms with E-state index in [4.69, 9.17) is 0 Å². The highest BCUT2D eigenvalue weighted by atomic mass is 16.5. The average molecular weight is 276 g/mol. The molecule has 1 heterocycles. The van der Waals surface area contributed by atoms with Crippen LogP contribution in [-0.2, 0) is 9.53 Å². The summed E-state index contributed by atoms with van der Waals surface area (Å²) in [5.41, 5.74) is 1.16. The van der Waals surface area contributed by atoms with Crippen LogP contribution < -0.4 is 0 Å². The van der Waals surface area contributed by atoms with Crippen molar-refractivity contribution in [2.24, 2.45) is 0 Å². The smallest absolute Gasteiger partial charge is 0.338 e. The molecule has 0 bridgehead atoms. The molecule has 2 aromatic rings. The van der Waals surface area contributed by atoms with E-state index in [1.165, 1.54) is 6.20 Å². The minimum absolute atomic E-state index is 0.145. The first kappa shape index (κ1) is 14.2. The first-order chi connectivity index (χ1) is 9.63. The quantitative estimate of drug-likeness (QED) is 0.790. The van der Waals surface area contributed by atoms with Crippen molar-refractivity contribution in [3.8, 4) is 5.69 Å². The average Bonchev–Trinajstić information content (AvgIpc) is 2.96. The summed E-state index contributed by atoms with van der Waals surface area (Å²) in [4.78, 5) is 11.4. The van der Waals surface area contributed by atoms with Crippen LogP contribution in [0, 0.1) is 0 Å². The number of aromatic nitrogens is 2. The molecule has 2 unspecified atom stereocenters. The number of carbonyl (C=O) groups excluding carboxylic acids is 1. The third kappa shape index (κ3) is 3.04. The van der Waals surface area contributed by atoms with Crippen molar-refractivity contribution in [2.75, 3.05) is 6.61 Å². The number of aliphatic hydroxyl groups is 2. The summed E-state index contributed by atoms with van der Waals surface area (Å²) in [5.74, 6) is -0.854. The maximum Gasteiger partial charge on any atom is 0.338 e. The van der Waals surface area contributed by atoms with E-state index in [0.717, 1.165) is 5.69 Å². The van der Waals surface area contributed by atoms with Crippen molar-refractivity contribution in [3.05, 3.63) is 48.3 Å². The molecule has 2 atom stereocenters. The topological polar surface area (TPSA) is 84.6 Å². The van der Waals surface area contributed by atoms with Crippen LogP contribution >= 0.6 is 0 Å². The number of rotatable bonds is 5. The van der Waals surface area contributed by atoms with E-state index in [2.05, 4.69) is 9.84 Å². The van der Waals surface area contributed by atoms with Crippen LogP contribution in [0.3, 0.4) is 0 Å². The van der Waals surface area contributed by atoms with Gasteiger partial charge in [-0.05, 0) is 19.1 Å². The third-order valence-corrected chi connectivity index (χ3v) is 2.79. The number of para-hydroxylation sites is 1. The van der Waals surface area contributed by atoms with Gasteiger partial charge in [0.2, 0.25) is 0 Å². The lowest BCUT2D eigenvalue weighted by molar-refractivity contribution is -0.159. The minimum atomic E-state index is -1.62. The summed E-state index contributed by atoms with van der Waals surface area (Å²) < 4.78 is 6.21. The molecule has 6 nitrogen and oxygen atoms in total. The number of hydrogen-bond acceptors (Lipinski definition) is 5. The van der Waals surface area contributed by atoms with Crippen LogP contribution in [0.1, 0.15) is 18.6 Å². The van der Waals surface area contributed by atoms with Crippen LogP contribution in [0.15, 0.2) is 42.7 Å². The highest BCUT2D eigenvalue weighted by Crippen LogP contribution is 2.18. The molecule has 0 aliphatic rings. The van der Waals surface area contributed by atoms with Crippen molar-refractivity contribution in [2.45, 2.75) is 19.1 Å². The molecule has 1 aromatic heterocycles. The molecule has 6 heteroatoms. The predicted octanol–water partition coefficient (Wildman–Crippen LogP) is 0.830. The van der Waals surface area contributed by atoms with Gasteiger partial charge in [0.25, 0.3) is 0 Å². The van der Waals surface area contributed by atoms with E-state index in [1.807, 2.05) is 30.3 Å². The Labute approximate surface area is 116 Å². The molecule has 0 saturated heterocycles. The lowest BCUT2D eigenvalue weighted by Gasteiger charge is -2.14. The number of hydrogen-bond donors (Lipinski definition) is 2. The molecule has 0 aliphatic heterocycles. The molecule has 0 radical (unpaired) electrons. The Morgan fingerprint density at radius 2 is 2.05 bits per heavy atom. The highest BCUT2D eigenvalue weighted by molar-refractivity contribution is 5.75. The second-order valence-corrected chi connectivity index (χ2v) is 4.20. The van der Waals surface area contributed by atoms with Crippen LogP contribution in [0.4, 0.5) is 0 Å². The molecule has 0 saturated carbocycles. The number of benzene rings is 1. The Morgan fingerprint density at radius 3 is 2.70 bits per heavy atom. The van der Waals surface area contributed by atoms with Gasteiger partial charge in [0, 0.05) is 11.8 Å². The molecule has 1 aromatic carbocycles. The maximum atomic E-state index is 11.4. The summed E-state index contributed by atoms with van der Waals surface area (Å²) in [6.07, 6.45) is -0.0300. The largest absolute Gasteiger partial charge is 0.464 e. The molecule has 0 fully saturated rings. The van der Waals surface area contributed by atoms with Crippen molar-refractivity contribution >= 4 is 5.97 Å². The molecule has 2 rings (SSSR count). The van der Waals surface area contributed by atoms with E-state index >= 15 is 0 Å². The molecule has 106 valence electrons. The number of esters is 1. The summed E-state index contributed by atoms with van der Waals surface area (Å²) >= 11 is 0. The monoisotopic (exact) mass is 276 g/mol. The zero-order valence-corrected chi connectivity index (χ0v) is 11.0. The van der Waals surface area contributed by atoms with E-state index < -0.39 is 18.2 Å². The van der Waals surface area contributed by atoms with Gasteiger partial charge < -0.3 is 14.9 Å². The predicted molar refractivity (Wildman–Crippen MR) is 71.2 cm³/mol. The first-order valence-corrected chi connectivity index (χ1v) is 6.26. The van der Waals surface area contributed by atoms with Gasteiger partial charge in [0.05, 0.1) is 18.5 Å². The van der Waals surface area contributed by atoms with E-state index in [0.29, 0.717) is 5.56 Å². The van der Waals surface area contributed by atoms with Crippen molar-refractivity contribution in [3.63, 3.8) is 0 Å². The summed E-state index contributed by atoms with van der Waals surface area (Å²) in [6, 6.07) is 9.31. The zero-order chi connectivity index (χ0) is 14.5. The molecule has 0 amide bonds. The Morgan fingerprint density at radius 1 is 1.35 bits per heavy atom. The van der Waals surface area contributed by atoms with E-state index in [1.54, 1.807) is 17.8 Å². The highest BCUT2D eigenvalue weighted by Gasteiger charge is 2.27. The fourth-order valence-electron chi connectivity index (χ4n) is 1.75. The van der Waals surface area contributed by atoms with Crippen LogP contribution in [0.5, 0.6) is 0 Å². The zero-order valence-electron chi connectivity index (χ0n) is 11.0. The number of carbonyl (C=O) groups is 1. The van der Waals surface area contributed by atoms with Gasteiger partial charge in [-0.2, -0.15) is 5.10 Å². The lowest BCUT2D eigenvalue weighted by Crippen LogP contribution is -2.29. The lowest BCUT2D eigenvalue weighted by atomic mass is 10.1. The number of nitrogens with zero attached hydrogens (tertiary/aromatic N) is 2. The van der Waals surface area contributed by atoms with Crippen LogP contribution in [0.25, 0.3) is 5.69 Å². The second kappa shape index (κ2) is 6.31. The fraction of sp³-hybridized carbons (Fsp3) is 0.286. The van der Waals surface area contributed by atoms with Crippen molar-refractivity contribution < 1.29 is 19.7 Å². The summed E-state index contributed by atoms with van der Waals surface area (Å²) in [6.45, 7) is 1.77. The molecule has 0 aliphatic carbocycles. The van der Waals surface area contributed by atoms with Gasteiger partial charge in [0.15, 0.2) is 6.10 Å². The van der Waals surface area contributed by atoms with Gasteiger partial charge in [-0.3, -0.25) is 0 Å². The summed E-state index contributed by atoms with van der Waals surface area (Å²) in [5, 5.41) is 23.7. The Balaban J connectivity index is 2.14. The molecule has 0 spiro atoms. The SMILES string of the molecule is CCOC(=O)C(O)C(O)c1cnn(-c2ccccc2)c1. The maximum absolute atomic E-state index is 11.4. The van der Waals surface area contributed by atoms with Crippen LogP contribution in [-0.4, -0.2) is 38.7 Å². The first-order valence-electron chi connectivity index (χ1n) is 6.26. The molecule has 20 heavy (non-hydrogen) atoms. The second-order valence-electron chi connectivity index (χ2n) is 4.20. The van der Waals surface area contributed by atoms with E-state index in [-0.39, 0.29) is 6.61 Å². The molecule has 2 N–H and O–H groups in total.